The Kier molecular flexibility index (Phi) is 5.57. The van der Waals surface area contributed by atoms with E-state index in [2.05, 4.69) is 35.3 Å². The molecule has 0 spiro atoms. The lowest BCUT2D eigenvalue weighted by molar-refractivity contribution is -0.122. The number of hydroxylamine groups is 1. The van der Waals surface area contributed by atoms with Crippen LogP contribution in [0.5, 0.6) is 0 Å². The van der Waals surface area contributed by atoms with Gasteiger partial charge in [0.05, 0.1) is 6.17 Å². The lowest BCUT2D eigenvalue weighted by atomic mass is 9.74. The van der Waals surface area contributed by atoms with Crippen molar-refractivity contribution in [1.82, 2.24) is 21.4 Å². The first kappa shape index (κ1) is 18.0. The van der Waals surface area contributed by atoms with Gasteiger partial charge in [0.15, 0.2) is 0 Å². The lowest BCUT2D eigenvalue weighted by Gasteiger charge is -2.36. The first-order chi connectivity index (χ1) is 12.1. The number of carbonyl (C=O) groups is 1. The van der Waals surface area contributed by atoms with E-state index in [1.54, 1.807) is 11.8 Å². The third-order valence-electron chi connectivity index (χ3n) is 6.52. The molecule has 2 aliphatic carbocycles. The van der Waals surface area contributed by atoms with Crippen molar-refractivity contribution in [3.05, 3.63) is 0 Å². The molecule has 0 radical (unpaired) electrons. The van der Waals surface area contributed by atoms with E-state index in [1.807, 2.05) is 0 Å². The molecule has 2 saturated carbocycles. The fraction of sp³-hybridized carbons (Fsp3) is 0.944. The van der Waals surface area contributed by atoms with Gasteiger partial charge < -0.3 is 5.32 Å². The van der Waals surface area contributed by atoms with Crippen LogP contribution in [0.3, 0.4) is 0 Å². The van der Waals surface area contributed by atoms with Crippen molar-refractivity contribution in [3.63, 3.8) is 0 Å². The minimum atomic E-state index is -0.0552. The maximum atomic E-state index is 12.5. The van der Waals surface area contributed by atoms with Crippen molar-refractivity contribution in [3.8, 4) is 0 Å². The number of thioether (sulfide) groups is 1. The molecular weight excluding hydrogens is 336 g/mol. The van der Waals surface area contributed by atoms with E-state index in [0.29, 0.717) is 29.3 Å². The number of rotatable bonds is 4. The molecule has 4 rings (SSSR count). The van der Waals surface area contributed by atoms with Crippen LogP contribution in [-0.2, 0) is 9.63 Å². The third-order valence-corrected chi connectivity index (χ3v) is 7.80. The van der Waals surface area contributed by atoms with Crippen LogP contribution in [0.25, 0.3) is 0 Å². The van der Waals surface area contributed by atoms with Crippen LogP contribution in [0.2, 0.25) is 0 Å². The molecule has 8 atom stereocenters. The van der Waals surface area contributed by atoms with E-state index < -0.39 is 0 Å². The van der Waals surface area contributed by atoms with Gasteiger partial charge in [-0.1, -0.05) is 13.8 Å². The molecule has 2 heterocycles. The Balaban J connectivity index is 1.28. The Morgan fingerprint density at radius 3 is 2.80 bits per heavy atom. The number of amides is 1. The van der Waals surface area contributed by atoms with Crippen molar-refractivity contribution in [2.45, 2.75) is 81.4 Å². The van der Waals surface area contributed by atoms with Crippen LogP contribution in [0.4, 0.5) is 0 Å². The summed E-state index contributed by atoms with van der Waals surface area (Å²) >= 11 is 1.75. The van der Waals surface area contributed by atoms with Crippen molar-refractivity contribution in [1.29, 1.82) is 0 Å². The number of nitrogens with one attached hydrogen (secondary N) is 4. The molecule has 4 N–H and O–H groups in total. The Labute approximate surface area is 154 Å². The van der Waals surface area contributed by atoms with E-state index >= 15 is 0 Å². The van der Waals surface area contributed by atoms with E-state index in [0.717, 1.165) is 25.3 Å². The van der Waals surface area contributed by atoms with E-state index in [-0.39, 0.29) is 17.5 Å². The van der Waals surface area contributed by atoms with Gasteiger partial charge in [-0.25, -0.2) is 0 Å². The van der Waals surface area contributed by atoms with Crippen molar-refractivity contribution < 1.29 is 9.63 Å². The fourth-order valence-electron chi connectivity index (χ4n) is 5.15. The van der Waals surface area contributed by atoms with Crippen LogP contribution in [-0.4, -0.2) is 41.5 Å². The van der Waals surface area contributed by atoms with Crippen molar-refractivity contribution >= 4 is 17.7 Å². The standard InChI is InChI=1S/C18H32N4O2S/c1-3-15-21-16(22-24-15)12-4-6-13-11(8-12)5-7-14(13)20-17(23)18-19-9-10(2)25-18/h10-16,18-19,21-22H,3-9H2,1-2H3,(H,20,23)/t10?,11?,12?,13?,14-,15?,16?,18?/m1/s1. The highest BCUT2D eigenvalue weighted by molar-refractivity contribution is 8.01. The second-order valence-corrected chi connectivity index (χ2v) is 9.75. The molecule has 0 aromatic carbocycles. The van der Waals surface area contributed by atoms with E-state index in [9.17, 15) is 4.79 Å². The van der Waals surface area contributed by atoms with Crippen molar-refractivity contribution in [2.75, 3.05) is 6.54 Å². The summed E-state index contributed by atoms with van der Waals surface area (Å²) in [4.78, 5) is 18.1. The van der Waals surface area contributed by atoms with Crippen LogP contribution < -0.4 is 21.4 Å². The van der Waals surface area contributed by atoms with Gasteiger partial charge in [-0.15, -0.1) is 11.8 Å². The summed E-state index contributed by atoms with van der Waals surface area (Å²) in [7, 11) is 0. The largest absolute Gasteiger partial charge is 0.351 e. The molecule has 6 nitrogen and oxygen atoms in total. The summed E-state index contributed by atoms with van der Waals surface area (Å²) in [5.74, 6) is 2.24. The fourth-order valence-corrected chi connectivity index (χ4v) is 6.19. The predicted octanol–water partition coefficient (Wildman–Crippen LogP) is 1.54. The zero-order chi connectivity index (χ0) is 17.4. The second-order valence-electron chi connectivity index (χ2n) is 8.20. The summed E-state index contributed by atoms with van der Waals surface area (Å²) in [5.41, 5.74) is 3.20. The lowest BCUT2D eigenvalue weighted by Crippen LogP contribution is -2.48. The molecule has 7 heteroatoms. The number of fused-ring (bicyclic) bond motifs is 1. The molecule has 142 valence electrons. The van der Waals surface area contributed by atoms with Gasteiger partial charge in [0.1, 0.15) is 11.6 Å². The van der Waals surface area contributed by atoms with Gasteiger partial charge in [0, 0.05) is 17.8 Å². The SMILES string of the molecule is CCC1NC(C2CCC3C(CC[C@H]3NC(=O)C3NCC(C)S3)C2)NO1. The summed E-state index contributed by atoms with van der Waals surface area (Å²) in [6.07, 6.45) is 7.50. The molecule has 7 unspecified atom stereocenters. The van der Waals surface area contributed by atoms with E-state index in [4.69, 9.17) is 4.84 Å². The summed E-state index contributed by atoms with van der Waals surface area (Å²) in [5, 5.41) is 10.7. The Bertz CT molecular complexity index is 494. The van der Waals surface area contributed by atoms with Gasteiger partial charge in [-0.3, -0.25) is 20.3 Å². The Morgan fingerprint density at radius 1 is 1.24 bits per heavy atom. The van der Waals surface area contributed by atoms with Crippen LogP contribution in [0, 0.1) is 17.8 Å². The second kappa shape index (κ2) is 7.72. The monoisotopic (exact) mass is 368 g/mol. The number of carbonyl (C=O) groups excluding carboxylic acids is 1. The van der Waals surface area contributed by atoms with Gasteiger partial charge in [-0.05, 0) is 56.3 Å². The first-order valence-corrected chi connectivity index (χ1v) is 10.9. The topological polar surface area (TPSA) is 74.4 Å². The molecule has 25 heavy (non-hydrogen) atoms. The molecular formula is C18H32N4O2S. The minimum Gasteiger partial charge on any atom is -0.351 e. The summed E-state index contributed by atoms with van der Waals surface area (Å²) in [6, 6.07) is 0.376. The Hall–Kier alpha value is -0.340. The highest BCUT2D eigenvalue weighted by Crippen LogP contribution is 2.45. The minimum absolute atomic E-state index is 0.0552. The average molecular weight is 369 g/mol. The van der Waals surface area contributed by atoms with Gasteiger partial charge >= 0.3 is 0 Å². The molecule has 4 aliphatic rings. The summed E-state index contributed by atoms with van der Waals surface area (Å²) in [6.45, 7) is 5.25. The van der Waals surface area contributed by atoms with E-state index in [1.165, 1.54) is 25.7 Å². The normalized spacial score (nSPS) is 47.0. The molecule has 4 fully saturated rings. The first-order valence-electron chi connectivity index (χ1n) is 10.0. The zero-order valence-corrected chi connectivity index (χ0v) is 16.1. The predicted molar refractivity (Wildman–Crippen MR) is 99.6 cm³/mol. The Morgan fingerprint density at radius 2 is 2.08 bits per heavy atom. The molecule has 2 aliphatic heterocycles. The number of hydrogen-bond acceptors (Lipinski definition) is 6. The summed E-state index contributed by atoms with van der Waals surface area (Å²) < 4.78 is 0. The van der Waals surface area contributed by atoms with Gasteiger partial charge in [-0.2, -0.15) is 5.48 Å². The highest BCUT2D eigenvalue weighted by atomic mass is 32.2. The van der Waals surface area contributed by atoms with Crippen LogP contribution >= 0.6 is 11.8 Å². The van der Waals surface area contributed by atoms with Crippen molar-refractivity contribution in [2.24, 2.45) is 17.8 Å². The average Bonchev–Trinajstić information content (AvgIpc) is 3.34. The van der Waals surface area contributed by atoms with Crippen LogP contribution in [0.1, 0.15) is 52.4 Å². The highest BCUT2D eigenvalue weighted by Gasteiger charge is 2.44. The molecule has 0 aromatic rings. The maximum Gasteiger partial charge on any atom is 0.247 e. The molecule has 1 amide bonds. The number of hydrogen-bond donors (Lipinski definition) is 4. The quantitative estimate of drug-likeness (QED) is 0.603. The van der Waals surface area contributed by atoms with Gasteiger partial charge in [0.25, 0.3) is 0 Å². The zero-order valence-electron chi connectivity index (χ0n) is 15.3. The smallest absolute Gasteiger partial charge is 0.247 e. The van der Waals surface area contributed by atoms with Gasteiger partial charge in [0.2, 0.25) is 5.91 Å². The molecule has 2 saturated heterocycles. The van der Waals surface area contributed by atoms with Crippen LogP contribution in [0.15, 0.2) is 0 Å². The molecule has 0 aromatic heterocycles. The third kappa shape index (κ3) is 3.86. The molecule has 0 bridgehead atoms. The maximum absolute atomic E-state index is 12.5.